The molecule has 0 spiro atoms. The maximum atomic E-state index is 12.4. The van der Waals surface area contributed by atoms with Gasteiger partial charge in [0.15, 0.2) is 0 Å². The minimum Gasteiger partial charge on any atom is -0.480 e. The van der Waals surface area contributed by atoms with Crippen LogP contribution in [0.4, 0.5) is 0 Å². The van der Waals surface area contributed by atoms with E-state index in [4.69, 9.17) is 5.11 Å². The number of aryl methyl sites for hydroxylation is 2. The molecule has 1 unspecified atom stereocenters. The third-order valence-corrected chi connectivity index (χ3v) is 3.94. The monoisotopic (exact) mass is 268 g/mol. The van der Waals surface area contributed by atoms with E-state index in [9.17, 15) is 9.59 Å². The first-order chi connectivity index (χ1) is 8.41. The van der Waals surface area contributed by atoms with E-state index in [0.717, 1.165) is 22.7 Å². The van der Waals surface area contributed by atoms with Gasteiger partial charge in [-0.15, -0.1) is 11.3 Å². The zero-order chi connectivity index (χ0) is 13.4. The van der Waals surface area contributed by atoms with Crippen LogP contribution < -0.4 is 0 Å². The third kappa shape index (κ3) is 2.38. The maximum absolute atomic E-state index is 12.4. The Morgan fingerprint density at radius 2 is 2.06 bits per heavy atom. The molecule has 1 atom stereocenters. The van der Waals surface area contributed by atoms with Crippen LogP contribution in [0.5, 0.6) is 0 Å². The topological polar surface area (TPSA) is 70.5 Å². The fourth-order valence-corrected chi connectivity index (χ4v) is 2.79. The van der Waals surface area contributed by atoms with Crippen LogP contribution in [0.1, 0.15) is 40.1 Å². The van der Waals surface area contributed by atoms with Crippen LogP contribution in [0.2, 0.25) is 0 Å². The molecule has 1 saturated carbocycles. The number of hydrogen-bond donors (Lipinski definition) is 1. The molecule has 6 heteroatoms. The van der Waals surface area contributed by atoms with E-state index in [1.165, 1.54) is 16.2 Å². The van der Waals surface area contributed by atoms with Crippen LogP contribution in [0.15, 0.2) is 0 Å². The van der Waals surface area contributed by atoms with Gasteiger partial charge in [0, 0.05) is 10.9 Å². The number of carboxylic acid groups (broad SMARTS) is 1. The van der Waals surface area contributed by atoms with E-state index in [0.29, 0.717) is 5.69 Å². The van der Waals surface area contributed by atoms with E-state index in [2.05, 4.69) is 4.98 Å². The van der Waals surface area contributed by atoms with E-state index in [-0.39, 0.29) is 11.9 Å². The van der Waals surface area contributed by atoms with Gasteiger partial charge in [0.2, 0.25) is 0 Å². The predicted octanol–water partition coefficient (Wildman–Crippen LogP) is 1.84. The Bertz CT molecular complexity index is 494. The van der Waals surface area contributed by atoms with E-state index in [1.807, 2.05) is 13.8 Å². The number of carbonyl (C=O) groups is 2. The molecule has 18 heavy (non-hydrogen) atoms. The van der Waals surface area contributed by atoms with Crippen molar-refractivity contribution >= 4 is 23.2 Å². The number of hydrogen-bond acceptors (Lipinski definition) is 4. The standard InChI is InChI=1S/C12H16N2O3S/c1-6(12(16)17)14(9-4-5-9)11(15)10-7(2)18-8(3)13-10/h6,9H,4-5H2,1-3H3,(H,16,17). The number of aliphatic carboxylic acids is 1. The van der Waals surface area contributed by atoms with Crippen LogP contribution in [-0.2, 0) is 4.79 Å². The second kappa shape index (κ2) is 4.68. The molecular weight excluding hydrogens is 252 g/mol. The van der Waals surface area contributed by atoms with Crippen LogP contribution in [0, 0.1) is 13.8 Å². The molecule has 5 nitrogen and oxygen atoms in total. The average molecular weight is 268 g/mol. The summed E-state index contributed by atoms with van der Waals surface area (Å²) in [7, 11) is 0. The lowest BCUT2D eigenvalue weighted by Crippen LogP contribution is -2.45. The molecule has 1 aromatic heterocycles. The Hall–Kier alpha value is -1.43. The molecular formula is C12H16N2O3S. The molecule has 1 N–H and O–H groups in total. The Morgan fingerprint density at radius 3 is 2.44 bits per heavy atom. The van der Waals surface area contributed by atoms with Gasteiger partial charge < -0.3 is 10.0 Å². The van der Waals surface area contributed by atoms with Crippen molar-refractivity contribution in [1.29, 1.82) is 0 Å². The molecule has 0 saturated heterocycles. The van der Waals surface area contributed by atoms with Crippen molar-refractivity contribution in [2.75, 3.05) is 0 Å². The third-order valence-electron chi connectivity index (χ3n) is 3.06. The molecule has 1 amide bonds. The fourth-order valence-electron chi connectivity index (χ4n) is 1.98. The molecule has 2 rings (SSSR count). The summed E-state index contributed by atoms with van der Waals surface area (Å²) in [5.74, 6) is -1.23. The van der Waals surface area contributed by atoms with Gasteiger partial charge in [0.05, 0.1) is 5.01 Å². The van der Waals surface area contributed by atoms with Gasteiger partial charge in [0.25, 0.3) is 5.91 Å². The summed E-state index contributed by atoms with van der Waals surface area (Å²) >= 11 is 1.46. The average Bonchev–Trinajstić information content (AvgIpc) is 3.04. The predicted molar refractivity (Wildman–Crippen MR) is 67.9 cm³/mol. The minimum absolute atomic E-state index is 0.0602. The highest BCUT2D eigenvalue weighted by molar-refractivity contribution is 7.11. The molecule has 0 aromatic carbocycles. The lowest BCUT2D eigenvalue weighted by Gasteiger charge is -2.25. The van der Waals surface area contributed by atoms with Gasteiger partial charge in [-0.2, -0.15) is 0 Å². The second-order valence-electron chi connectivity index (χ2n) is 4.60. The molecule has 98 valence electrons. The number of carbonyl (C=O) groups excluding carboxylic acids is 1. The highest BCUT2D eigenvalue weighted by atomic mass is 32.1. The van der Waals surface area contributed by atoms with Gasteiger partial charge in [-0.3, -0.25) is 4.79 Å². The van der Waals surface area contributed by atoms with Crippen molar-refractivity contribution in [2.45, 2.75) is 45.7 Å². The van der Waals surface area contributed by atoms with E-state index < -0.39 is 12.0 Å². The van der Waals surface area contributed by atoms with Gasteiger partial charge in [-0.25, -0.2) is 9.78 Å². The zero-order valence-corrected chi connectivity index (χ0v) is 11.5. The van der Waals surface area contributed by atoms with Crippen LogP contribution >= 0.6 is 11.3 Å². The minimum atomic E-state index is -0.972. The summed E-state index contributed by atoms with van der Waals surface area (Å²) in [5, 5.41) is 9.92. The first-order valence-electron chi connectivity index (χ1n) is 5.91. The molecule has 0 aliphatic heterocycles. The van der Waals surface area contributed by atoms with Crippen molar-refractivity contribution in [3.63, 3.8) is 0 Å². The lowest BCUT2D eigenvalue weighted by atomic mass is 10.2. The number of carboxylic acids is 1. The SMILES string of the molecule is Cc1nc(C(=O)N(C2CC2)C(C)C(=O)O)c(C)s1. The lowest BCUT2D eigenvalue weighted by molar-refractivity contribution is -0.141. The van der Waals surface area contributed by atoms with Crippen molar-refractivity contribution in [2.24, 2.45) is 0 Å². The van der Waals surface area contributed by atoms with Crippen LogP contribution in [-0.4, -0.2) is 39.0 Å². The molecule has 1 heterocycles. The van der Waals surface area contributed by atoms with Gasteiger partial charge in [-0.1, -0.05) is 0 Å². The van der Waals surface area contributed by atoms with E-state index in [1.54, 1.807) is 6.92 Å². The number of thiazole rings is 1. The summed E-state index contributed by atoms with van der Waals surface area (Å²) in [4.78, 5) is 30.0. The molecule has 0 bridgehead atoms. The number of amides is 1. The molecule has 1 aliphatic carbocycles. The molecule has 0 radical (unpaired) electrons. The van der Waals surface area contributed by atoms with Crippen molar-refractivity contribution < 1.29 is 14.7 Å². The number of nitrogens with zero attached hydrogens (tertiary/aromatic N) is 2. The molecule has 1 fully saturated rings. The van der Waals surface area contributed by atoms with Crippen LogP contribution in [0.25, 0.3) is 0 Å². The molecule has 1 aromatic rings. The fraction of sp³-hybridized carbons (Fsp3) is 0.583. The summed E-state index contributed by atoms with van der Waals surface area (Å²) in [6.07, 6.45) is 1.76. The van der Waals surface area contributed by atoms with E-state index >= 15 is 0 Å². The Labute approximate surface area is 109 Å². The quantitative estimate of drug-likeness (QED) is 0.904. The largest absolute Gasteiger partial charge is 0.480 e. The smallest absolute Gasteiger partial charge is 0.326 e. The molecule has 1 aliphatic rings. The van der Waals surface area contributed by atoms with Crippen LogP contribution in [0.3, 0.4) is 0 Å². The van der Waals surface area contributed by atoms with Crippen molar-refractivity contribution in [3.8, 4) is 0 Å². The Balaban J connectivity index is 2.29. The second-order valence-corrected chi connectivity index (χ2v) is 6.00. The Morgan fingerprint density at radius 1 is 1.44 bits per heavy atom. The summed E-state index contributed by atoms with van der Waals surface area (Å²) in [6.45, 7) is 5.23. The van der Waals surface area contributed by atoms with Gasteiger partial charge in [0.1, 0.15) is 11.7 Å². The highest BCUT2D eigenvalue weighted by Crippen LogP contribution is 2.31. The maximum Gasteiger partial charge on any atom is 0.326 e. The first-order valence-corrected chi connectivity index (χ1v) is 6.73. The normalized spacial score (nSPS) is 16.4. The zero-order valence-electron chi connectivity index (χ0n) is 10.6. The Kier molecular flexibility index (Phi) is 3.38. The first kappa shape index (κ1) is 13.0. The van der Waals surface area contributed by atoms with Crippen molar-refractivity contribution in [1.82, 2.24) is 9.88 Å². The van der Waals surface area contributed by atoms with Gasteiger partial charge in [-0.05, 0) is 33.6 Å². The number of rotatable bonds is 4. The van der Waals surface area contributed by atoms with Gasteiger partial charge >= 0.3 is 5.97 Å². The number of aromatic nitrogens is 1. The van der Waals surface area contributed by atoms with Crippen molar-refractivity contribution in [3.05, 3.63) is 15.6 Å². The summed E-state index contributed by atoms with van der Waals surface area (Å²) in [5.41, 5.74) is 0.400. The highest BCUT2D eigenvalue weighted by Gasteiger charge is 2.39. The summed E-state index contributed by atoms with van der Waals surface area (Å²) in [6, 6.07) is -0.739. The summed E-state index contributed by atoms with van der Waals surface area (Å²) < 4.78 is 0.